The van der Waals surface area contributed by atoms with E-state index in [4.69, 9.17) is 4.74 Å². The van der Waals surface area contributed by atoms with Crippen molar-refractivity contribution >= 4 is 0 Å². The van der Waals surface area contributed by atoms with E-state index in [0.717, 1.165) is 18.8 Å². The fourth-order valence-electron chi connectivity index (χ4n) is 1.66. The molecule has 0 amide bonds. The Hall–Kier alpha value is -1.28. The van der Waals surface area contributed by atoms with Crippen LogP contribution in [0, 0.1) is 13.8 Å². The monoisotopic (exact) mass is 219 g/mol. The molecule has 2 heteroatoms. The van der Waals surface area contributed by atoms with Crippen LogP contribution in [-0.4, -0.2) is 19.2 Å². The van der Waals surface area contributed by atoms with Gasteiger partial charge in [0.05, 0.1) is 0 Å². The summed E-state index contributed by atoms with van der Waals surface area (Å²) in [6.07, 6.45) is 2.02. The first-order valence-electron chi connectivity index (χ1n) is 5.68. The van der Waals surface area contributed by atoms with Gasteiger partial charge in [-0.25, -0.2) is 0 Å². The quantitative estimate of drug-likeness (QED) is 0.587. The van der Waals surface area contributed by atoms with Gasteiger partial charge < -0.3 is 10.1 Å². The fourth-order valence-corrected chi connectivity index (χ4v) is 1.66. The fraction of sp³-hybridized carbons (Fsp3) is 0.429. The maximum absolute atomic E-state index is 5.83. The summed E-state index contributed by atoms with van der Waals surface area (Å²) in [5.74, 6) is 0.949. The van der Waals surface area contributed by atoms with Crippen molar-refractivity contribution in [1.82, 2.24) is 5.32 Å². The Kier molecular flexibility index (Phi) is 5.06. The van der Waals surface area contributed by atoms with Gasteiger partial charge in [0.2, 0.25) is 0 Å². The minimum absolute atomic E-state index is 0.168. The first-order valence-corrected chi connectivity index (χ1v) is 5.68. The molecule has 0 saturated carbocycles. The van der Waals surface area contributed by atoms with Gasteiger partial charge >= 0.3 is 0 Å². The lowest BCUT2D eigenvalue weighted by molar-refractivity contribution is 0.219. The molecule has 1 unspecified atom stereocenters. The number of aryl methyl sites for hydroxylation is 2. The summed E-state index contributed by atoms with van der Waals surface area (Å²) in [5.41, 5.74) is 2.47. The largest absolute Gasteiger partial charge is 0.489 e. The molecule has 2 nitrogen and oxygen atoms in total. The van der Waals surface area contributed by atoms with Crippen molar-refractivity contribution in [3.8, 4) is 5.75 Å². The van der Waals surface area contributed by atoms with Gasteiger partial charge in [-0.05, 0) is 44.0 Å². The maximum atomic E-state index is 5.83. The molecule has 1 atom stereocenters. The van der Waals surface area contributed by atoms with E-state index >= 15 is 0 Å². The number of rotatable bonds is 6. The lowest BCUT2D eigenvalue weighted by Gasteiger charge is -2.15. The molecular formula is C14H21NO. The SMILES string of the molecule is C=CCNCC(C)Oc1cc(C)cc(C)c1. The van der Waals surface area contributed by atoms with Gasteiger partial charge in [-0.15, -0.1) is 6.58 Å². The summed E-state index contributed by atoms with van der Waals surface area (Å²) < 4.78 is 5.83. The van der Waals surface area contributed by atoms with E-state index in [-0.39, 0.29) is 6.10 Å². The third-order valence-corrected chi connectivity index (χ3v) is 2.25. The summed E-state index contributed by atoms with van der Waals surface area (Å²) in [4.78, 5) is 0. The molecule has 0 aliphatic heterocycles. The van der Waals surface area contributed by atoms with Crippen molar-refractivity contribution in [2.24, 2.45) is 0 Å². The van der Waals surface area contributed by atoms with Gasteiger partial charge in [-0.1, -0.05) is 12.1 Å². The molecule has 0 bridgehead atoms. The highest BCUT2D eigenvalue weighted by Crippen LogP contribution is 2.17. The zero-order valence-electron chi connectivity index (χ0n) is 10.4. The van der Waals surface area contributed by atoms with Crippen molar-refractivity contribution in [3.05, 3.63) is 42.0 Å². The Morgan fingerprint density at radius 2 is 1.94 bits per heavy atom. The minimum atomic E-state index is 0.168. The minimum Gasteiger partial charge on any atom is -0.489 e. The van der Waals surface area contributed by atoms with E-state index in [1.165, 1.54) is 11.1 Å². The molecule has 1 aromatic carbocycles. The van der Waals surface area contributed by atoms with Crippen molar-refractivity contribution in [3.63, 3.8) is 0 Å². The van der Waals surface area contributed by atoms with E-state index in [1.54, 1.807) is 0 Å². The second-order valence-corrected chi connectivity index (χ2v) is 4.20. The van der Waals surface area contributed by atoms with Crippen LogP contribution in [0.25, 0.3) is 0 Å². The molecule has 0 radical (unpaired) electrons. The predicted molar refractivity (Wildman–Crippen MR) is 69.1 cm³/mol. The molecule has 0 spiro atoms. The third kappa shape index (κ3) is 4.49. The summed E-state index contributed by atoms with van der Waals surface area (Å²) in [6, 6.07) is 6.28. The van der Waals surface area contributed by atoms with Crippen LogP contribution in [0.4, 0.5) is 0 Å². The third-order valence-electron chi connectivity index (χ3n) is 2.25. The van der Waals surface area contributed by atoms with E-state index in [9.17, 15) is 0 Å². The highest BCUT2D eigenvalue weighted by Gasteiger charge is 2.03. The molecule has 0 aliphatic carbocycles. The summed E-state index contributed by atoms with van der Waals surface area (Å²) in [6.45, 7) is 11.5. The topological polar surface area (TPSA) is 21.3 Å². The zero-order chi connectivity index (χ0) is 12.0. The molecular weight excluding hydrogens is 198 g/mol. The van der Waals surface area contributed by atoms with Crippen LogP contribution in [0.2, 0.25) is 0 Å². The number of benzene rings is 1. The van der Waals surface area contributed by atoms with Crippen LogP contribution in [0.1, 0.15) is 18.1 Å². The van der Waals surface area contributed by atoms with Gasteiger partial charge in [0.25, 0.3) is 0 Å². The number of ether oxygens (including phenoxy) is 1. The van der Waals surface area contributed by atoms with Gasteiger partial charge in [0, 0.05) is 13.1 Å². The zero-order valence-corrected chi connectivity index (χ0v) is 10.4. The number of hydrogen-bond acceptors (Lipinski definition) is 2. The molecule has 88 valence electrons. The van der Waals surface area contributed by atoms with Crippen LogP contribution in [0.3, 0.4) is 0 Å². The van der Waals surface area contributed by atoms with Gasteiger partial charge in [-0.3, -0.25) is 0 Å². The molecule has 0 fully saturated rings. The van der Waals surface area contributed by atoms with Crippen LogP contribution < -0.4 is 10.1 Å². The Morgan fingerprint density at radius 3 is 2.50 bits per heavy atom. The summed E-state index contributed by atoms with van der Waals surface area (Å²) >= 11 is 0. The standard InChI is InChI=1S/C14H21NO/c1-5-6-15-10-13(4)16-14-8-11(2)7-12(3)9-14/h5,7-9,13,15H,1,6,10H2,2-4H3. The normalized spacial score (nSPS) is 12.2. The Balaban J connectivity index is 2.48. The first kappa shape index (κ1) is 12.8. The maximum Gasteiger partial charge on any atom is 0.120 e. The van der Waals surface area contributed by atoms with E-state index < -0.39 is 0 Å². The molecule has 0 saturated heterocycles. The van der Waals surface area contributed by atoms with Crippen molar-refractivity contribution < 1.29 is 4.74 Å². The van der Waals surface area contributed by atoms with Crippen LogP contribution >= 0.6 is 0 Å². The Morgan fingerprint density at radius 1 is 1.31 bits per heavy atom. The Bertz CT molecular complexity index is 326. The van der Waals surface area contributed by atoms with Crippen LogP contribution in [0.5, 0.6) is 5.75 Å². The van der Waals surface area contributed by atoms with Crippen molar-refractivity contribution in [2.75, 3.05) is 13.1 Å². The second-order valence-electron chi connectivity index (χ2n) is 4.20. The molecule has 1 aromatic rings. The molecule has 0 heterocycles. The van der Waals surface area contributed by atoms with Crippen LogP contribution in [-0.2, 0) is 0 Å². The van der Waals surface area contributed by atoms with Gasteiger partial charge in [-0.2, -0.15) is 0 Å². The Labute approximate surface area is 98.3 Å². The highest BCUT2D eigenvalue weighted by molar-refractivity contribution is 5.33. The van der Waals surface area contributed by atoms with Crippen molar-refractivity contribution in [2.45, 2.75) is 26.9 Å². The molecule has 1 rings (SSSR count). The molecule has 16 heavy (non-hydrogen) atoms. The average molecular weight is 219 g/mol. The van der Waals surface area contributed by atoms with E-state index in [1.807, 2.05) is 6.08 Å². The van der Waals surface area contributed by atoms with Gasteiger partial charge in [0.15, 0.2) is 0 Å². The van der Waals surface area contributed by atoms with Gasteiger partial charge in [0.1, 0.15) is 11.9 Å². The molecule has 0 aromatic heterocycles. The second kappa shape index (κ2) is 6.33. The highest BCUT2D eigenvalue weighted by atomic mass is 16.5. The average Bonchev–Trinajstić information content (AvgIpc) is 2.16. The predicted octanol–water partition coefficient (Wildman–Crippen LogP) is 2.85. The van der Waals surface area contributed by atoms with E-state index in [0.29, 0.717) is 0 Å². The van der Waals surface area contributed by atoms with Crippen LogP contribution in [0.15, 0.2) is 30.9 Å². The van der Waals surface area contributed by atoms with E-state index in [2.05, 4.69) is 50.9 Å². The summed E-state index contributed by atoms with van der Waals surface area (Å²) in [7, 11) is 0. The van der Waals surface area contributed by atoms with Crippen molar-refractivity contribution in [1.29, 1.82) is 0 Å². The first-order chi connectivity index (χ1) is 7.61. The lowest BCUT2D eigenvalue weighted by Crippen LogP contribution is -2.28. The smallest absolute Gasteiger partial charge is 0.120 e. The molecule has 1 N–H and O–H groups in total. The molecule has 0 aliphatic rings. The number of nitrogens with one attached hydrogen (secondary N) is 1. The summed E-state index contributed by atoms with van der Waals surface area (Å²) in [5, 5.41) is 3.24. The number of hydrogen-bond donors (Lipinski definition) is 1. The lowest BCUT2D eigenvalue weighted by atomic mass is 10.1.